The molecule has 0 spiro atoms. The number of carboxylic acids is 1. The molecule has 6 N–H and O–H groups in total. The number of aromatic carboxylic acids is 1. The molecule has 142 heavy (non-hydrogen) atoms. The van der Waals surface area contributed by atoms with Crippen molar-refractivity contribution in [2.24, 2.45) is 4.99 Å². The molecule has 0 saturated carbocycles. The van der Waals surface area contributed by atoms with E-state index in [2.05, 4.69) is 126 Å². The van der Waals surface area contributed by atoms with E-state index in [1.807, 2.05) is 61.5 Å². The van der Waals surface area contributed by atoms with Crippen LogP contribution in [0.25, 0.3) is 11.3 Å². The number of likely N-dealkylation sites (N-methyl/N-ethyl adjacent to an activating group) is 1. The van der Waals surface area contributed by atoms with Crippen LogP contribution in [0, 0.1) is 11.6 Å². The van der Waals surface area contributed by atoms with E-state index in [9.17, 15) is 40.5 Å². The molecule has 30 nitrogen and oxygen atoms in total. The number of halogens is 5. The Bertz CT molecular complexity index is 7160. The van der Waals surface area contributed by atoms with Crippen LogP contribution in [0.4, 0.5) is 83.9 Å². The van der Waals surface area contributed by atoms with Gasteiger partial charge in [0.1, 0.15) is 72.0 Å². The second-order valence-corrected chi connectivity index (χ2v) is 50.3. The van der Waals surface area contributed by atoms with Crippen molar-refractivity contribution in [2.45, 2.75) is 80.7 Å². The number of carboxylic acid groups (broad SMARTS) is 1. The number of aliphatic imine (C=N–C) groups is 1. The van der Waals surface area contributed by atoms with Crippen molar-refractivity contribution >= 4 is 186 Å². The number of piperazine rings is 2. The van der Waals surface area contributed by atoms with Gasteiger partial charge < -0.3 is 69.4 Å². The number of carbonyl (C=O) groups excluding carboxylic acids is 1. The van der Waals surface area contributed by atoms with Gasteiger partial charge in [-0.3, -0.25) is 14.7 Å². The van der Waals surface area contributed by atoms with Crippen LogP contribution >= 0.6 is 68.0 Å². The zero-order valence-electron chi connectivity index (χ0n) is 81.1. The fourth-order valence-corrected chi connectivity index (χ4v) is 21.6. The summed E-state index contributed by atoms with van der Waals surface area (Å²) in [6.45, 7) is 28.5. The lowest BCUT2D eigenvalue weighted by molar-refractivity contribution is -0.116. The van der Waals surface area contributed by atoms with Crippen LogP contribution in [0.2, 0.25) is 15.1 Å². The number of aromatic nitrogens is 8. The van der Waals surface area contributed by atoms with E-state index in [1.54, 1.807) is 171 Å². The van der Waals surface area contributed by atoms with Crippen LogP contribution in [0.3, 0.4) is 0 Å². The zero-order chi connectivity index (χ0) is 102. The number of sulfone groups is 1. The van der Waals surface area contributed by atoms with Gasteiger partial charge in [0.2, 0.25) is 23.8 Å². The van der Waals surface area contributed by atoms with E-state index < -0.39 is 54.1 Å². The van der Waals surface area contributed by atoms with Gasteiger partial charge in [-0.05, 0) is 195 Å². The number of ether oxygens (including phenoxy) is 3. The van der Waals surface area contributed by atoms with Crippen LogP contribution in [0.5, 0.6) is 17.2 Å². The fourth-order valence-electron chi connectivity index (χ4n) is 16.0. The van der Waals surface area contributed by atoms with Crippen molar-refractivity contribution in [3.05, 3.63) is 278 Å². The standard InChI is InChI=1S/C31H43ClN7O2P.C25H15ClF2N4O2.C24H27N4O5PS.C22H26ClN4O2PS/c1-6-25-30(32)31(34-26-9-7-8-10-28(26)42(4,5)40)35-29(33-25)21-23-11-12-24(22-27(23)41-3)37-15-19-39(20-16-37)38-17-13-36(2)14-18-38;26-15-6-9-17-18(10-15)23(21-19(27)2-1-3-20(21)28)29-11-14-12-30-25(32-22(14)17)31-16-7-4-13(5-8-16)24(33)34;1-15(2)35(31,32)21-9-7-6-8-19(21)28-22(29)12-16-14-25-24(27-23(16)28)26-18-11-10-17(34(4,5)30)13-20(18)33-3;1-14(2)31-20-9-7-6-8-18(20)25-21-16(23)13-24-22(27-21)26-17-11-10-15(30(4,5)28)12-19(17)29-3/h7-12,22H,6,13-21H2,1-5H3,(H,33,34,35);1-10,12H,11H2,(H,33,34)(H,30,31,32);6-11,13-15H,12H2,1-5H3,(H,25,26,27);6-14H,1-5H3,(H2,24,25,26,27). The van der Waals surface area contributed by atoms with Gasteiger partial charge in [0.25, 0.3) is 0 Å². The number of nitrogens with zero attached hydrogens (tertiary/aromatic N) is 14. The Hall–Kier alpha value is -12.3. The lowest BCUT2D eigenvalue weighted by Crippen LogP contribution is -2.58. The summed E-state index contributed by atoms with van der Waals surface area (Å²) >= 11 is 21.1. The number of hydrogen-bond donors (Lipinski definition) is 6. The molecule has 40 heteroatoms. The minimum absolute atomic E-state index is 0.0615. The first kappa shape index (κ1) is 106. The average molecular weight is 2080 g/mol. The van der Waals surface area contributed by atoms with Crippen molar-refractivity contribution < 1.29 is 59.8 Å². The minimum atomic E-state index is -3.65. The molecule has 1 amide bonds. The number of methoxy groups -OCH3 is 3. The first-order valence-electron chi connectivity index (χ1n) is 45.6. The number of benzene rings is 9. The third-order valence-electron chi connectivity index (χ3n) is 23.5. The van der Waals surface area contributed by atoms with Crippen molar-refractivity contribution in [3.8, 4) is 28.5 Å². The molecule has 9 aromatic carbocycles. The molecule has 4 aliphatic rings. The van der Waals surface area contributed by atoms with Gasteiger partial charge in [0, 0.05) is 148 Å². The molecule has 0 aliphatic carbocycles. The molecule has 17 rings (SSSR count). The van der Waals surface area contributed by atoms with Crippen molar-refractivity contribution in [1.29, 1.82) is 0 Å². The van der Waals surface area contributed by atoms with Gasteiger partial charge >= 0.3 is 5.97 Å². The van der Waals surface area contributed by atoms with Gasteiger partial charge in [-0.2, -0.15) is 9.97 Å². The predicted octanol–water partition coefficient (Wildman–Crippen LogP) is 20.7. The molecule has 8 heterocycles. The lowest BCUT2D eigenvalue weighted by atomic mass is 9.95. The van der Waals surface area contributed by atoms with Crippen LogP contribution < -0.4 is 66.5 Å². The number of aryl methyl sites for hydroxylation is 1. The molecular weight excluding hydrogens is 1970 g/mol. The summed E-state index contributed by atoms with van der Waals surface area (Å²) in [5, 5.41) is 33.3. The molecule has 0 bridgehead atoms. The van der Waals surface area contributed by atoms with Gasteiger partial charge in [-0.25, -0.2) is 61.9 Å². The van der Waals surface area contributed by atoms with E-state index in [-0.39, 0.29) is 58.2 Å². The summed E-state index contributed by atoms with van der Waals surface area (Å²) in [7, 11) is -4.04. The van der Waals surface area contributed by atoms with E-state index >= 15 is 0 Å². The number of hydrazine groups is 1. The lowest BCUT2D eigenvalue weighted by Gasteiger charge is -2.44. The van der Waals surface area contributed by atoms with E-state index in [0.29, 0.717) is 124 Å². The highest BCUT2D eigenvalue weighted by atomic mass is 35.5. The highest BCUT2D eigenvalue weighted by molar-refractivity contribution is 8.00. The highest BCUT2D eigenvalue weighted by Crippen LogP contribution is 2.46. The number of thioether (sulfide) groups is 1. The SMILES string of the molecule is CCc1nc(Cc2ccc(N3CCN(N4CCN(C)CC4)CC3)cc2OC)nc(Nc2ccccc2P(C)(C)=O)c1Cl.COc1cc(P(C)(C)=O)ccc1Nc1ncc(Cl)c(Nc2ccccc2SC(C)C)n1.COc1cc(P(C)(C)=O)ccc1Nc1ncc2c(n1)N(c1ccccc1S(=O)(=O)C(C)C)C(=O)C2.O=C(O)c1ccc(Nc2ncc3c(n2)-c2ccc(Cl)cc2C(c2c(F)cccc2F)=NC3)cc1. The predicted molar refractivity (Wildman–Crippen MR) is 569 cm³/mol. The van der Waals surface area contributed by atoms with Gasteiger partial charge in [0.15, 0.2) is 21.5 Å². The van der Waals surface area contributed by atoms with Gasteiger partial charge in [-0.1, -0.05) is 110 Å². The van der Waals surface area contributed by atoms with E-state index in [1.165, 1.54) is 54.1 Å². The molecule has 2 fully saturated rings. The Labute approximate surface area is 844 Å². The first-order chi connectivity index (χ1) is 67.7. The summed E-state index contributed by atoms with van der Waals surface area (Å²) in [6.07, 6.45) is 5.92. The molecule has 4 aliphatic heterocycles. The molecular formula is C102H111Cl3F2N19O11P3S2. The summed E-state index contributed by atoms with van der Waals surface area (Å²) in [5.41, 5.74) is 9.64. The number of fused-ring (bicyclic) bond motifs is 4. The number of carbonyl (C=O) groups is 2. The molecule has 0 unspecified atom stereocenters. The van der Waals surface area contributed by atoms with Crippen LogP contribution in [-0.4, -0.2) is 217 Å². The maximum Gasteiger partial charge on any atom is 0.335 e. The Morgan fingerprint density at radius 2 is 1.14 bits per heavy atom. The number of amides is 1. The third-order valence-corrected chi connectivity index (χ3v) is 32.3. The minimum Gasteiger partial charge on any atom is -0.496 e. The number of hydrogen-bond acceptors (Lipinski definition) is 29. The third kappa shape index (κ3) is 25.7. The Morgan fingerprint density at radius 1 is 0.563 bits per heavy atom. The van der Waals surface area contributed by atoms with E-state index in [4.69, 9.17) is 64.1 Å². The normalized spacial score (nSPS) is 14.0. The molecule has 742 valence electrons. The van der Waals surface area contributed by atoms with Crippen molar-refractivity contribution in [2.75, 3.05) is 157 Å². The average Bonchev–Trinajstić information content (AvgIpc) is 1.63. The maximum absolute atomic E-state index is 14.6. The maximum atomic E-state index is 14.6. The summed E-state index contributed by atoms with van der Waals surface area (Å²) in [5.74, 6) is 1.91. The quantitative estimate of drug-likeness (QED) is 0.0196. The number of nitrogens with one attached hydrogen (secondary N) is 5. The number of rotatable bonds is 28. The second-order valence-electron chi connectivity index (χ2n) is 35.4. The van der Waals surface area contributed by atoms with Crippen LogP contribution in [-0.2, 0) is 54.1 Å². The van der Waals surface area contributed by atoms with E-state index in [0.717, 1.165) is 96.2 Å². The number of anilines is 13. The number of para-hydroxylation sites is 3. The highest BCUT2D eigenvalue weighted by Gasteiger charge is 2.37. The Kier molecular flexibility index (Phi) is 34.2. The summed E-state index contributed by atoms with van der Waals surface area (Å²) in [4.78, 5) is 72.2. The summed E-state index contributed by atoms with van der Waals surface area (Å²) in [6, 6.07) is 53.9. The molecule has 0 atom stereocenters. The van der Waals surface area contributed by atoms with Crippen LogP contribution in [0.1, 0.15) is 84.3 Å². The molecule has 4 aromatic heterocycles. The van der Waals surface area contributed by atoms with Crippen LogP contribution in [0.15, 0.2) is 221 Å². The summed E-state index contributed by atoms with van der Waals surface area (Å²) < 4.78 is 110. The first-order valence-corrected chi connectivity index (χ1v) is 56.9. The topological polar surface area (TPSA) is 359 Å². The Morgan fingerprint density at radius 3 is 1.75 bits per heavy atom. The van der Waals surface area contributed by atoms with Gasteiger partial charge in [-0.15, -0.1) is 11.8 Å². The molecule has 13 aromatic rings. The largest absolute Gasteiger partial charge is 0.496 e. The smallest absolute Gasteiger partial charge is 0.335 e. The fraction of sp³-hybridized carbons (Fsp3) is 0.284. The van der Waals surface area contributed by atoms with Crippen molar-refractivity contribution in [1.82, 2.24) is 54.8 Å². The Balaban J connectivity index is 0.000000151. The van der Waals surface area contributed by atoms with Crippen molar-refractivity contribution in [3.63, 3.8) is 0 Å². The second kappa shape index (κ2) is 46.0. The molecule has 0 radical (unpaired) electrons. The van der Waals surface area contributed by atoms with Gasteiger partial charge in [0.05, 0.1) is 107 Å². The zero-order valence-corrected chi connectivity index (χ0v) is 87.7. The molecule has 2 saturated heterocycles. The monoisotopic (exact) mass is 2080 g/mol.